The van der Waals surface area contributed by atoms with Crippen LogP contribution in [0.15, 0.2) is 59.5 Å². The molecule has 0 saturated heterocycles. The zero-order valence-corrected chi connectivity index (χ0v) is 18.6. The van der Waals surface area contributed by atoms with Gasteiger partial charge < -0.3 is 4.74 Å². The first kappa shape index (κ1) is 24.5. The van der Waals surface area contributed by atoms with Gasteiger partial charge in [0.2, 0.25) is 15.9 Å². The van der Waals surface area contributed by atoms with Crippen molar-refractivity contribution in [2.45, 2.75) is 31.2 Å². The molecule has 8 nitrogen and oxygen atoms in total. The molecular weight excluding hydrogens is 444 g/mol. The third-order valence-corrected chi connectivity index (χ3v) is 5.81. The number of hydrogen-bond acceptors (Lipinski definition) is 6. The van der Waals surface area contributed by atoms with Crippen molar-refractivity contribution in [3.05, 3.63) is 65.2 Å². The summed E-state index contributed by atoms with van der Waals surface area (Å²) < 4.78 is 32.3. The summed E-state index contributed by atoms with van der Waals surface area (Å²) in [6.45, 7) is 2.52. The van der Waals surface area contributed by atoms with Crippen molar-refractivity contribution in [3.63, 3.8) is 0 Å². The number of carbonyl (C=O) groups is 3. The first-order valence-corrected chi connectivity index (χ1v) is 11.3. The number of rotatable bonds is 9. The van der Waals surface area contributed by atoms with E-state index >= 15 is 0 Å². The van der Waals surface area contributed by atoms with Crippen LogP contribution in [-0.2, 0) is 35.6 Å². The lowest BCUT2D eigenvalue weighted by molar-refractivity contribution is -0.152. The second-order valence-corrected chi connectivity index (χ2v) is 9.19. The van der Waals surface area contributed by atoms with Gasteiger partial charge in [0.1, 0.15) is 6.04 Å². The Morgan fingerprint density at radius 3 is 2.29 bits per heavy atom. The van der Waals surface area contributed by atoms with E-state index in [1.54, 1.807) is 44.2 Å². The highest BCUT2D eigenvalue weighted by molar-refractivity contribution is 7.89. The van der Waals surface area contributed by atoms with Crippen molar-refractivity contribution < 1.29 is 27.5 Å². The van der Waals surface area contributed by atoms with Crippen LogP contribution in [0.1, 0.15) is 19.4 Å². The topological polar surface area (TPSA) is 119 Å². The maximum atomic E-state index is 12.6. The van der Waals surface area contributed by atoms with Crippen LogP contribution in [0.5, 0.6) is 0 Å². The third kappa shape index (κ3) is 7.78. The van der Waals surface area contributed by atoms with Crippen LogP contribution in [0.2, 0.25) is 5.02 Å². The van der Waals surface area contributed by atoms with E-state index in [0.29, 0.717) is 0 Å². The SMILES string of the molecule is CC(C)C(NS(=O)(=O)c1cccc(Cl)c1)C(=O)OCC(=O)NC(=O)Cc1ccccc1. The second-order valence-electron chi connectivity index (χ2n) is 7.04. The van der Waals surface area contributed by atoms with Gasteiger partial charge in [-0.2, -0.15) is 4.72 Å². The summed E-state index contributed by atoms with van der Waals surface area (Å²) in [4.78, 5) is 36.1. The fraction of sp³-hybridized carbons (Fsp3) is 0.286. The number of esters is 1. The number of carbonyl (C=O) groups excluding carboxylic acids is 3. The molecule has 2 rings (SSSR count). The van der Waals surface area contributed by atoms with E-state index in [-0.39, 0.29) is 16.3 Å². The van der Waals surface area contributed by atoms with Crippen LogP contribution in [-0.4, -0.2) is 38.9 Å². The van der Waals surface area contributed by atoms with Crippen LogP contribution in [0.4, 0.5) is 0 Å². The molecule has 2 amide bonds. The lowest BCUT2D eigenvalue weighted by Gasteiger charge is -2.20. The van der Waals surface area contributed by atoms with Gasteiger partial charge in [-0.05, 0) is 29.7 Å². The highest BCUT2D eigenvalue weighted by atomic mass is 35.5. The summed E-state index contributed by atoms with van der Waals surface area (Å²) in [5.41, 5.74) is 0.722. The Hall–Kier alpha value is -2.75. The van der Waals surface area contributed by atoms with E-state index in [4.69, 9.17) is 16.3 Å². The van der Waals surface area contributed by atoms with Gasteiger partial charge in [0, 0.05) is 5.02 Å². The molecule has 166 valence electrons. The Balaban J connectivity index is 1.93. The summed E-state index contributed by atoms with van der Waals surface area (Å²) in [6, 6.07) is 13.1. The number of ether oxygens (including phenoxy) is 1. The highest BCUT2D eigenvalue weighted by Crippen LogP contribution is 2.17. The van der Waals surface area contributed by atoms with E-state index in [1.807, 2.05) is 0 Å². The van der Waals surface area contributed by atoms with Gasteiger partial charge in [-0.3, -0.25) is 19.7 Å². The summed E-state index contributed by atoms with van der Waals surface area (Å²) in [7, 11) is -4.05. The molecule has 0 heterocycles. The normalized spacial score (nSPS) is 12.3. The molecule has 0 aromatic heterocycles. The average Bonchev–Trinajstić information content (AvgIpc) is 2.70. The molecule has 0 fully saturated rings. The molecule has 10 heteroatoms. The zero-order chi connectivity index (χ0) is 23.0. The maximum absolute atomic E-state index is 12.6. The summed E-state index contributed by atoms with van der Waals surface area (Å²) in [6.07, 6.45) is -0.00538. The van der Waals surface area contributed by atoms with Crippen molar-refractivity contribution in [2.75, 3.05) is 6.61 Å². The number of nitrogens with one attached hydrogen (secondary N) is 2. The molecular formula is C21H23ClN2O6S. The molecule has 0 saturated carbocycles. The van der Waals surface area contributed by atoms with Crippen molar-refractivity contribution in [2.24, 2.45) is 5.92 Å². The molecule has 0 spiro atoms. The Morgan fingerprint density at radius 1 is 1.00 bits per heavy atom. The Morgan fingerprint density at radius 2 is 1.68 bits per heavy atom. The minimum Gasteiger partial charge on any atom is -0.454 e. The number of hydrogen-bond donors (Lipinski definition) is 2. The number of halogens is 1. The molecule has 0 aliphatic heterocycles. The van der Waals surface area contributed by atoms with Crippen molar-refractivity contribution >= 4 is 39.4 Å². The number of benzene rings is 2. The predicted octanol–water partition coefficient (Wildman–Crippen LogP) is 2.07. The fourth-order valence-corrected chi connectivity index (χ4v) is 4.20. The third-order valence-electron chi connectivity index (χ3n) is 4.14. The molecule has 2 N–H and O–H groups in total. The summed E-state index contributed by atoms with van der Waals surface area (Å²) in [5, 5.41) is 2.35. The van der Waals surface area contributed by atoms with Gasteiger partial charge in [-0.1, -0.05) is 61.8 Å². The lowest BCUT2D eigenvalue weighted by atomic mass is 10.1. The van der Waals surface area contributed by atoms with E-state index in [1.165, 1.54) is 24.3 Å². The molecule has 2 aromatic carbocycles. The molecule has 0 radical (unpaired) electrons. The average molecular weight is 467 g/mol. The van der Waals surface area contributed by atoms with Gasteiger partial charge in [-0.15, -0.1) is 0 Å². The van der Waals surface area contributed by atoms with Crippen molar-refractivity contribution in [1.82, 2.24) is 10.0 Å². The Bertz CT molecular complexity index is 1040. The van der Waals surface area contributed by atoms with Crippen LogP contribution in [0.25, 0.3) is 0 Å². The Labute approximate surface area is 186 Å². The van der Waals surface area contributed by atoms with Crippen molar-refractivity contribution in [3.8, 4) is 0 Å². The first-order valence-electron chi connectivity index (χ1n) is 9.39. The first-order chi connectivity index (χ1) is 14.6. The standard InChI is InChI=1S/C21H23ClN2O6S/c1-14(2)20(24-31(28,29)17-10-6-9-16(22)12-17)21(27)30-13-19(26)23-18(25)11-15-7-4-3-5-8-15/h3-10,12,14,20,24H,11,13H2,1-2H3,(H,23,25,26). The highest BCUT2D eigenvalue weighted by Gasteiger charge is 2.30. The maximum Gasteiger partial charge on any atom is 0.324 e. The van der Waals surface area contributed by atoms with Crippen LogP contribution >= 0.6 is 11.6 Å². The predicted molar refractivity (Wildman–Crippen MR) is 115 cm³/mol. The van der Waals surface area contributed by atoms with E-state index < -0.39 is 46.4 Å². The zero-order valence-electron chi connectivity index (χ0n) is 17.0. The van der Waals surface area contributed by atoms with E-state index in [0.717, 1.165) is 5.56 Å². The molecule has 1 unspecified atom stereocenters. The molecule has 2 aromatic rings. The van der Waals surface area contributed by atoms with Gasteiger partial charge >= 0.3 is 5.97 Å². The van der Waals surface area contributed by atoms with E-state index in [2.05, 4.69) is 10.0 Å². The second kappa shape index (κ2) is 11.0. The van der Waals surface area contributed by atoms with Gasteiger partial charge in [0.25, 0.3) is 5.91 Å². The summed E-state index contributed by atoms with van der Waals surface area (Å²) in [5.74, 6) is -2.76. The van der Waals surface area contributed by atoms with Gasteiger partial charge in [-0.25, -0.2) is 8.42 Å². The minimum atomic E-state index is -4.05. The van der Waals surface area contributed by atoms with Crippen LogP contribution in [0.3, 0.4) is 0 Å². The van der Waals surface area contributed by atoms with Crippen molar-refractivity contribution in [1.29, 1.82) is 0 Å². The molecule has 1 atom stereocenters. The molecule has 0 bridgehead atoms. The van der Waals surface area contributed by atoms with Crippen LogP contribution < -0.4 is 10.0 Å². The Kier molecular flexibility index (Phi) is 8.73. The lowest BCUT2D eigenvalue weighted by Crippen LogP contribution is -2.46. The molecule has 0 aliphatic carbocycles. The van der Waals surface area contributed by atoms with E-state index in [9.17, 15) is 22.8 Å². The monoisotopic (exact) mass is 466 g/mol. The molecule has 31 heavy (non-hydrogen) atoms. The molecule has 0 aliphatic rings. The quantitative estimate of drug-likeness (QED) is 0.546. The number of amides is 2. The smallest absolute Gasteiger partial charge is 0.324 e. The number of imide groups is 1. The van der Waals surface area contributed by atoms with Gasteiger partial charge in [0.05, 0.1) is 11.3 Å². The number of sulfonamides is 1. The fourth-order valence-electron chi connectivity index (χ4n) is 2.57. The minimum absolute atomic E-state index is 0.00538. The van der Waals surface area contributed by atoms with Gasteiger partial charge in [0.15, 0.2) is 6.61 Å². The van der Waals surface area contributed by atoms with Crippen LogP contribution in [0, 0.1) is 5.92 Å². The summed E-state index contributed by atoms with van der Waals surface area (Å²) >= 11 is 5.83. The largest absolute Gasteiger partial charge is 0.454 e.